The van der Waals surface area contributed by atoms with E-state index in [-0.39, 0.29) is 5.57 Å². The summed E-state index contributed by atoms with van der Waals surface area (Å²) in [7, 11) is 0. The fourth-order valence-corrected chi connectivity index (χ4v) is 1.92. The highest BCUT2D eigenvalue weighted by Gasteiger charge is 2.13. The Hall–Kier alpha value is -2.50. The van der Waals surface area contributed by atoms with Crippen molar-refractivity contribution in [1.29, 1.82) is 10.5 Å². The number of nitrogens with zero attached hydrogens (tertiary/aromatic N) is 3. The second kappa shape index (κ2) is 6.44. The number of ether oxygens (including phenoxy) is 1. The number of morpholine rings is 1. The average Bonchev–Trinajstić information content (AvgIpc) is 2.49. The molecule has 1 saturated heterocycles. The molecule has 1 heterocycles. The summed E-state index contributed by atoms with van der Waals surface area (Å²) >= 11 is 0. The lowest BCUT2D eigenvalue weighted by molar-refractivity contribution is 0.123. The lowest BCUT2D eigenvalue weighted by atomic mass is 10.2. The van der Waals surface area contributed by atoms with E-state index in [1.54, 1.807) is 0 Å². The van der Waals surface area contributed by atoms with E-state index in [2.05, 4.69) is 10.2 Å². The third-order valence-electron chi connectivity index (χ3n) is 2.87. The van der Waals surface area contributed by atoms with Crippen LogP contribution >= 0.6 is 0 Å². The molecule has 1 N–H and O–H groups in total. The summed E-state index contributed by atoms with van der Waals surface area (Å²) in [5, 5.41) is 20.5. The molecule has 2 rings (SSSR count). The maximum absolute atomic E-state index is 8.71. The van der Waals surface area contributed by atoms with E-state index in [1.807, 2.05) is 36.4 Å². The molecule has 5 heteroatoms. The van der Waals surface area contributed by atoms with Gasteiger partial charge < -0.3 is 15.0 Å². The predicted octanol–water partition coefficient (Wildman–Crippen LogP) is 1.87. The van der Waals surface area contributed by atoms with Gasteiger partial charge in [0.1, 0.15) is 17.7 Å². The lowest BCUT2D eigenvalue weighted by Crippen LogP contribution is -2.36. The number of hydrogen-bond donors (Lipinski definition) is 1. The molecule has 0 spiro atoms. The molecule has 0 saturated carbocycles. The molecule has 5 nitrogen and oxygen atoms in total. The van der Waals surface area contributed by atoms with Crippen molar-refractivity contribution < 1.29 is 4.74 Å². The first-order valence-corrected chi connectivity index (χ1v) is 6.04. The minimum Gasteiger partial charge on any atom is -0.378 e. The van der Waals surface area contributed by atoms with Gasteiger partial charge in [0, 0.05) is 19.3 Å². The van der Waals surface area contributed by atoms with Crippen LogP contribution in [-0.2, 0) is 4.74 Å². The fraction of sp³-hybridized carbons (Fsp3) is 0.286. The van der Waals surface area contributed by atoms with E-state index in [4.69, 9.17) is 15.3 Å². The van der Waals surface area contributed by atoms with Gasteiger partial charge in [0.15, 0.2) is 0 Å². The van der Waals surface area contributed by atoms with Crippen molar-refractivity contribution in [1.82, 2.24) is 0 Å². The number of para-hydroxylation sites is 2. The normalized spacial score (nSPS) is 14.1. The first kappa shape index (κ1) is 12.9. The van der Waals surface area contributed by atoms with E-state index in [9.17, 15) is 0 Å². The molecule has 0 aromatic heterocycles. The first-order chi connectivity index (χ1) is 9.35. The lowest BCUT2D eigenvalue weighted by Gasteiger charge is -2.30. The summed E-state index contributed by atoms with van der Waals surface area (Å²) in [4.78, 5) is 2.22. The largest absolute Gasteiger partial charge is 0.378 e. The second-order valence-electron chi connectivity index (χ2n) is 4.04. The van der Waals surface area contributed by atoms with Gasteiger partial charge in [-0.25, -0.2) is 0 Å². The van der Waals surface area contributed by atoms with E-state index >= 15 is 0 Å². The Morgan fingerprint density at radius 2 is 1.89 bits per heavy atom. The van der Waals surface area contributed by atoms with Crippen molar-refractivity contribution in [2.24, 2.45) is 0 Å². The van der Waals surface area contributed by atoms with Crippen LogP contribution in [0.4, 0.5) is 11.4 Å². The van der Waals surface area contributed by atoms with E-state index in [0.29, 0.717) is 13.2 Å². The minimum atomic E-state index is 0.0526. The molecule has 96 valence electrons. The summed E-state index contributed by atoms with van der Waals surface area (Å²) in [6.07, 6.45) is 1.43. The number of nitriles is 2. The SMILES string of the molecule is N#CC(C#N)=CNc1ccccc1N1CCOCC1. The van der Waals surface area contributed by atoms with Crippen LogP contribution in [0.25, 0.3) is 0 Å². The molecule has 19 heavy (non-hydrogen) atoms. The molecular formula is C14H14N4O. The van der Waals surface area contributed by atoms with Gasteiger partial charge in [-0.15, -0.1) is 0 Å². The van der Waals surface area contributed by atoms with Crippen LogP contribution in [0.5, 0.6) is 0 Å². The Balaban J connectivity index is 2.19. The molecule has 1 aromatic rings. The van der Waals surface area contributed by atoms with Crippen LogP contribution in [0, 0.1) is 22.7 Å². The summed E-state index contributed by atoms with van der Waals surface area (Å²) in [5.41, 5.74) is 1.99. The van der Waals surface area contributed by atoms with Gasteiger partial charge in [-0.1, -0.05) is 12.1 Å². The van der Waals surface area contributed by atoms with Crippen LogP contribution in [0.2, 0.25) is 0 Å². The third kappa shape index (κ3) is 3.25. The number of benzene rings is 1. The Kier molecular flexibility index (Phi) is 4.39. The van der Waals surface area contributed by atoms with E-state index < -0.39 is 0 Å². The highest BCUT2D eigenvalue weighted by Crippen LogP contribution is 2.26. The van der Waals surface area contributed by atoms with Crippen LogP contribution in [-0.4, -0.2) is 26.3 Å². The smallest absolute Gasteiger partial charge is 0.145 e. The molecule has 0 radical (unpaired) electrons. The molecule has 1 aromatic carbocycles. The zero-order valence-electron chi connectivity index (χ0n) is 10.5. The molecule has 1 aliphatic heterocycles. The second-order valence-corrected chi connectivity index (χ2v) is 4.04. The Bertz CT molecular complexity index is 531. The zero-order valence-corrected chi connectivity index (χ0v) is 10.5. The summed E-state index contributed by atoms with van der Waals surface area (Å²) in [6.45, 7) is 3.11. The minimum absolute atomic E-state index is 0.0526. The topological polar surface area (TPSA) is 72.1 Å². The predicted molar refractivity (Wildman–Crippen MR) is 72.4 cm³/mol. The molecule has 0 bridgehead atoms. The first-order valence-electron chi connectivity index (χ1n) is 6.04. The molecule has 0 amide bonds. The van der Waals surface area contributed by atoms with Gasteiger partial charge in [0.25, 0.3) is 0 Å². The standard InChI is InChI=1S/C14H14N4O/c15-9-12(10-16)11-17-13-3-1-2-4-14(13)18-5-7-19-8-6-18/h1-4,11,17H,5-8H2. The summed E-state index contributed by atoms with van der Waals surface area (Å²) in [5.74, 6) is 0. The van der Waals surface area contributed by atoms with Crippen LogP contribution < -0.4 is 10.2 Å². The van der Waals surface area contributed by atoms with Crippen LogP contribution in [0.15, 0.2) is 36.0 Å². The maximum atomic E-state index is 8.71. The summed E-state index contributed by atoms with van der Waals surface area (Å²) < 4.78 is 5.33. The van der Waals surface area contributed by atoms with Gasteiger partial charge in [0.05, 0.1) is 24.6 Å². The Labute approximate surface area is 112 Å². The zero-order chi connectivity index (χ0) is 13.5. The Morgan fingerprint density at radius 3 is 2.58 bits per heavy atom. The number of nitrogens with one attached hydrogen (secondary N) is 1. The molecule has 1 aliphatic rings. The van der Waals surface area contributed by atoms with Crippen LogP contribution in [0.1, 0.15) is 0 Å². The molecule has 0 unspecified atom stereocenters. The van der Waals surface area contributed by atoms with Gasteiger partial charge in [-0.3, -0.25) is 0 Å². The fourth-order valence-electron chi connectivity index (χ4n) is 1.92. The molecule has 1 fully saturated rings. The van der Waals surface area contributed by atoms with E-state index in [1.165, 1.54) is 6.20 Å². The highest BCUT2D eigenvalue weighted by molar-refractivity contribution is 5.71. The van der Waals surface area contributed by atoms with Crippen molar-refractivity contribution in [3.63, 3.8) is 0 Å². The van der Waals surface area contributed by atoms with Gasteiger partial charge >= 0.3 is 0 Å². The van der Waals surface area contributed by atoms with Crippen LogP contribution in [0.3, 0.4) is 0 Å². The number of hydrogen-bond acceptors (Lipinski definition) is 5. The molecule has 0 aliphatic carbocycles. The number of rotatable bonds is 3. The van der Waals surface area contributed by atoms with E-state index in [0.717, 1.165) is 24.5 Å². The van der Waals surface area contributed by atoms with Gasteiger partial charge in [0.2, 0.25) is 0 Å². The monoisotopic (exact) mass is 254 g/mol. The van der Waals surface area contributed by atoms with Crippen molar-refractivity contribution >= 4 is 11.4 Å². The number of anilines is 2. The Morgan fingerprint density at radius 1 is 1.21 bits per heavy atom. The van der Waals surface area contributed by atoms with Crippen molar-refractivity contribution in [3.8, 4) is 12.1 Å². The molecular weight excluding hydrogens is 240 g/mol. The van der Waals surface area contributed by atoms with Crippen molar-refractivity contribution in [2.45, 2.75) is 0 Å². The average molecular weight is 254 g/mol. The summed E-state index contributed by atoms with van der Waals surface area (Å²) in [6, 6.07) is 11.5. The quantitative estimate of drug-likeness (QED) is 0.834. The maximum Gasteiger partial charge on any atom is 0.145 e. The third-order valence-corrected chi connectivity index (χ3v) is 2.87. The van der Waals surface area contributed by atoms with Crippen molar-refractivity contribution in [3.05, 3.63) is 36.0 Å². The van der Waals surface area contributed by atoms with Gasteiger partial charge in [-0.2, -0.15) is 10.5 Å². The molecule has 0 atom stereocenters. The highest BCUT2D eigenvalue weighted by atomic mass is 16.5. The van der Waals surface area contributed by atoms with Gasteiger partial charge in [-0.05, 0) is 12.1 Å². The number of allylic oxidation sites excluding steroid dienone is 1. The van der Waals surface area contributed by atoms with Crippen molar-refractivity contribution in [2.75, 3.05) is 36.5 Å².